The smallest absolute Gasteiger partial charge is 0.326 e. The average Bonchev–Trinajstić information content (AvgIpc) is 3.10. The van der Waals surface area contributed by atoms with Crippen LogP contribution in [0.3, 0.4) is 0 Å². The van der Waals surface area contributed by atoms with Crippen LogP contribution < -0.4 is 16.0 Å². The summed E-state index contributed by atoms with van der Waals surface area (Å²) in [5.74, 6) is -1.45. The van der Waals surface area contributed by atoms with Crippen molar-refractivity contribution in [3.05, 3.63) is 0 Å². The number of carbonyl (C=O) groups excluding carboxylic acids is 2. The second-order valence-electron chi connectivity index (χ2n) is 6.14. The van der Waals surface area contributed by atoms with Crippen LogP contribution in [0.4, 0.5) is 0 Å². The van der Waals surface area contributed by atoms with Crippen molar-refractivity contribution in [1.82, 2.24) is 16.0 Å². The summed E-state index contributed by atoms with van der Waals surface area (Å²) in [6.45, 7) is 6.28. The molecule has 0 spiro atoms. The minimum absolute atomic E-state index is 0.166. The lowest BCUT2D eigenvalue weighted by Gasteiger charge is -2.18. The Bertz CT molecular complexity index is 387. The highest BCUT2D eigenvalue weighted by atomic mass is 16.4. The molecule has 126 valence electrons. The third kappa shape index (κ3) is 6.89. The molecule has 7 nitrogen and oxygen atoms in total. The summed E-state index contributed by atoms with van der Waals surface area (Å²) in [7, 11) is 0. The number of carbonyl (C=O) groups is 3. The molecule has 2 atom stereocenters. The van der Waals surface area contributed by atoms with E-state index in [2.05, 4.69) is 16.0 Å². The molecule has 2 rings (SSSR count). The number of rotatable bonds is 5. The third-order valence-corrected chi connectivity index (χ3v) is 3.59. The van der Waals surface area contributed by atoms with Crippen molar-refractivity contribution in [3.63, 3.8) is 0 Å². The Morgan fingerprint density at radius 1 is 1.32 bits per heavy atom. The predicted molar refractivity (Wildman–Crippen MR) is 82.3 cm³/mol. The average molecular weight is 313 g/mol. The number of amides is 2. The summed E-state index contributed by atoms with van der Waals surface area (Å²) < 4.78 is 0. The van der Waals surface area contributed by atoms with Gasteiger partial charge in [0.25, 0.3) is 0 Å². The van der Waals surface area contributed by atoms with Crippen LogP contribution in [0.2, 0.25) is 0 Å². The van der Waals surface area contributed by atoms with Crippen molar-refractivity contribution >= 4 is 17.8 Å². The van der Waals surface area contributed by atoms with Crippen molar-refractivity contribution < 1.29 is 19.5 Å². The van der Waals surface area contributed by atoms with Gasteiger partial charge < -0.3 is 21.1 Å². The van der Waals surface area contributed by atoms with E-state index < -0.39 is 24.0 Å². The molecule has 0 aromatic rings. The van der Waals surface area contributed by atoms with E-state index in [1.807, 2.05) is 13.8 Å². The second-order valence-corrected chi connectivity index (χ2v) is 6.14. The monoisotopic (exact) mass is 313 g/mol. The predicted octanol–water partition coefficient (Wildman–Crippen LogP) is 0.250. The Kier molecular flexibility index (Phi) is 7.87. The van der Waals surface area contributed by atoms with Crippen LogP contribution >= 0.6 is 0 Å². The molecule has 22 heavy (non-hydrogen) atoms. The third-order valence-electron chi connectivity index (χ3n) is 3.59. The fraction of sp³-hybridized carbons (Fsp3) is 0.800. The van der Waals surface area contributed by atoms with Crippen molar-refractivity contribution in [1.29, 1.82) is 0 Å². The van der Waals surface area contributed by atoms with E-state index in [4.69, 9.17) is 5.11 Å². The van der Waals surface area contributed by atoms with Crippen molar-refractivity contribution in [2.75, 3.05) is 13.1 Å². The number of nitrogens with one attached hydrogen (secondary N) is 3. The van der Waals surface area contributed by atoms with Gasteiger partial charge >= 0.3 is 5.97 Å². The Morgan fingerprint density at radius 3 is 2.32 bits per heavy atom. The zero-order valence-corrected chi connectivity index (χ0v) is 13.4. The number of carboxylic acid groups (broad SMARTS) is 1. The minimum Gasteiger partial charge on any atom is -0.480 e. The van der Waals surface area contributed by atoms with Crippen LogP contribution in [0, 0.1) is 5.92 Å². The summed E-state index contributed by atoms with van der Waals surface area (Å²) in [4.78, 5) is 33.6. The number of hydrogen-bond acceptors (Lipinski definition) is 4. The molecular formula is C15H27N3O4. The molecule has 0 saturated carbocycles. The Morgan fingerprint density at radius 2 is 1.95 bits per heavy atom. The van der Waals surface area contributed by atoms with Gasteiger partial charge in [0.2, 0.25) is 11.8 Å². The Balaban J connectivity index is 0.000000406. The fourth-order valence-electron chi connectivity index (χ4n) is 2.40. The maximum absolute atomic E-state index is 11.7. The first kappa shape index (κ1) is 18.4. The van der Waals surface area contributed by atoms with Crippen LogP contribution in [0.5, 0.6) is 0 Å². The zero-order valence-electron chi connectivity index (χ0n) is 13.4. The molecule has 4 N–H and O–H groups in total. The first-order valence-corrected chi connectivity index (χ1v) is 7.93. The van der Waals surface area contributed by atoms with Gasteiger partial charge in [-0.25, -0.2) is 4.79 Å². The molecule has 2 aliphatic rings. The van der Waals surface area contributed by atoms with E-state index in [0.29, 0.717) is 19.3 Å². The SMILES string of the molecule is C1CCNC1.CC(C)C[C@H](NC(=O)[C@@H]1CCC(=O)N1)C(=O)O. The molecule has 2 saturated heterocycles. The van der Waals surface area contributed by atoms with E-state index in [1.54, 1.807) is 0 Å². The maximum Gasteiger partial charge on any atom is 0.326 e. The zero-order chi connectivity index (χ0) is 16.5. The number of hydrogen-bond donors (Lipinski definition) is 4. The molecule has 0 bridgehead atoms. The van der Waals surface area contributed by atoms with E-state index in [9.17, 15) is 14.4 Å². The molecule has 2 aliphatic heterocycles. The van der Waals surface area contributed by atoms with Crippen LogP contribution in [0.15, 0.2) is 0 Å². The summed E-state index contributed by atoms with van der Waals surface area (Å²) in [6, 6.07) is -1.48. The van der Waals surface area contributed by atoms with Gasteiger partial charge in [-0.1, -0.05) is 13.8 Å². The summed E-state index contributed by atoms with van der Waals surface area (Å²) >= 11 is 0. The largest absolute Gasteiger partial charge is 0.480 e. The number of carboxylic acids is 1. The highest BCUT2D eigenvalue weighted by Gasteiger charge is 2.30. The van der Waals surface area contributed by atoms with E-state index in [1.165, 1.54) is 25.9 Å². The van der Waals surface area contributed by atoms with Crippen LogP contribution in [-0.4, -0.2) is 48.1 Å². The van der Waals surface area contributed by atoms with Crippen LogP contribution in [-0.2, 0) is 14.4 Å². The van der Waals surface area contributed by atoms with Gasteiger partial charge in [-0.3, -0.25) is 9.59 Å². The van der Waals surface area contributed by atoms with Gasteiger partial charge in [0.15, 0.2) is 0 Å². The molecule has 0 aromatic heterocycles. The molecule has 0 aliphatic carbocycles. The quantitative estimate of drug-likeness (QED) is 0.582. The van der Waals surface area contributed by atoms with Crippen molar-refractivity contribution in [3.8, 4) is 0 Å². The van der Waals surface area contributed by atoms with Crippen molar-refractivity contribution in [2.45, 2.75) is 58.0 Å². The molecule has 0 aromatic carbocycles. The maximum atomic E-state index is 11.7. The van der Waals surface area contributed by atoms with Crippen molar-refractivity contribution in [2.24, 2.45) is 5.92 Å². The molecular weight excluding hydrogens is 286 g/mol. The number of aliphatic carboxylic acids is 1. The first-order chi connectivity index (χ1) is 10.4. The molecule has 0 radical (unpaired) electrons. The molecule has 2 fully saturated rings. The van der Waals surface area contributed by atoms with Crippen LogP contribution in [0.1, 0.15) is 46.0 Å². The summed E-state index contributed by atoms with van der Waals surface area (Å²) in [5.41, 5.74) is 0. The second kappa shape index (κ2) is 9.40. The van der Waals surface area contributed by atoms with E-state index in [-0.39, 0.29) is 11.8 Å². The fourth-order valence-corrected chi connectivity index (χ4v) is 2.40. The Hall–Kier alpha value is -1.63. The molecule has 7 heteroatoms. The molecule has 2 heterocycles. The van der Waals surface area contributed by atoms with Gasteiger partial charge in [0.05, 0.1) is 0 Å². The lowest BCUT2D eigenvalue weighted by atomic mass is 10.0. The highest BCUT2D eigenvalue weighted by molar-refractivity contribution is 5.92. The first-order valence-electron chi connectivity index (χ1n) is 7.93. The summed E-state index contributed by atoms with van der Waals surface area (Å²) in [6.07, 6.45) is 3.90. The van der Waals surface area contributed by atoms with Gasteiger partial charge in [-0.05, 0) is 44.7 Å². The highest BCUT2D eigenvalue weighted by Crippen LogP contribution is 2.09. The lowest BCUT2D eigenvalue weighted by Crippen LogP contribution is -2.49. The Labute approximate surface area is 131 Å². The van der Waals surface area contributed by atoms with E-state index in [0.717, 1.165) is 0 Å². The molecule has 2 amide bonds. The lowest BCUT2D eigenvalue weighted by molar-refractivity contribution is -0.142. The topological polar surface area (TPSA) is 108 Å². The normalized spacial score (nSPS) is 21.8. The molecule has 0 unspecified atom stereocenters. The van der Waals surface area contributed by atoms with Gasteiger partial charge in [-0.2, -0.15) is 0 Å². The van der Waals surface area contributed by atoms with Crippen LogP contribution in [0.25, 0.3) is 0 Å². The standard InChI is InChI=1S/C11H18N2O4.C4H9N/c1-6(2)5-8(11(16)17)13-10(15)7-3-4-9(14)12-7;1-2-4-5-3-1/h6-8H,3-5H2,1-2H3,(H,12,14)(H,13,15)(H,16,17);5H,1-4H2/t7-,8-;/m0./s1. The van der Waals surface area contributed by atoms with Gasteiger partial charge in [-0.15, -0.1) is 0 Å². The van der Waals surface area contributed by atoms with Gasteiger partial charge in [0.1, 0.15) is 12.1 Å². The summed E-state index contributed by atoms with van der Waals surface area (Å²) in [5, 5.41) is 17.2. The van der Waals surface area contributed by atoms with Gasteiger partial charge in [0, 0.05) is 6.42 Å². The van der Waals surface area contributed by atoms with E-state index >= 15 is 0 Å². The minimum atomic E-state index is -1.05.